The Balaban J connectivity index is 2.15. The second-order valence-electron chi connectivity index (χ2n) is 6.94. The molecule has 0 spiro atoms. The molecule has 0 saturated heterocycles. The first-order valence-electron chi connectivity index (χ1n) is 8.09. The topological polar surface area (TPSA) is 28.2 Å². The summed E-state index contributed by atoms with van der Waals surface area (Å²) in [6, 6.07) is 2.22. The van der Waals surface area contributed by atoms with Gasteiger partial charge in [-0.1, -0.05) is 27.7 Å². The van der Waals surface area contributed by atoms with E-state index in [1.165, 1.54) is 19.0 Å². The van der Waals surface area contributed by atoms with Crippen LogP contribution in [0.2, 0.25) is 0 Å². The molecular weight excluding hydrogens is 265 g/mol. The van der Waals surface area contributed by atoms with Crippen LogP contribution in [-0.2, 0) is 6.54 Å². The predicted molar refractivity (Wildman–Crippen MR) is 85.9 cm³/mol. The molecule has 0 radical (unpaired) electrons. The van der Waals surface area contributed by atoms with Gasteiger partial charge in [0, 0.05) is 24.7 Å². The standard InChI is InChI=1S/C17H28FN3/c1-12(2)8-19-9-14-7-15(18)10-20-17(14)21(11-13(3)4)16-5-6-16/h7,10,12-13,16,19H,5-6,8-9,11H2,1-4H3. The van der Waals surface area contributed by atoms with Crippen LogP contribution < -0.4 is 10.2 Å². The van der Waals surface area contributed by atoms with Gasteiger partial charge >= 0.3 is 0 Å². The number of pyridine rings is 1. The first-order chi connectivity index (χ1) is 9.97. The minimum absolute atomic E-state index is 0.250. The lowest BCUT2D eigenvalue weighted by Gasteiger charge is -2.27. The third-order valence-electron chi connectivity index (χ3n) is 3.60. The number of aromatic nitrogens is 1. The van der Waals surface area contributed by atoms with Gasteiger partial charge in [-0.2, -0.15) is 0 Å². The Morgan fingerprint density at radius 1 is 1.29 bits per heavy atom. The zero-order chi connectivity index (χ0) is 15.4. The molecule has 0 aromatic carbocycles. The molecule has 1 aliphatic carbocycles. The maximum Gasteiger partial charge on any atom is 0.141 e. The Morgan fingerprint density at radius 3 is 2.57 bits per heavy atom. The Kier molecular flexibility index (Phi) is 5.57. The van der Waals surface area contributed by atoms with Crippen LogP contribution in [0.3, 0.4) is 0 Å². The lowest BCUT2D eigenvalue weighted by Crippen LogP contribution is -2.32. The second-order valence-corrected chi connectivity index (χ2v) is 6.94. The van der Waals surface area contributed by atoms with Crippen molar-refractivity contribution in [1.29, 1.82) is 0 Å². The Bertz CT molecular complexity index is 455. The van der Waals surface area contributed by atoms with Gasteiger partial charge in [-0.15, -0.1) is 0 Å². The van der Waals surface area contributed by atoms with Crippen LogP contribution in [0.4, 0.5) is 10.2 Å². The van der Waals surface area contributed by atoms with Crippen LogP contribution in [0.25, 0.3) is 0 Å². The third-order valence-corrected chi connectivity index (χ3v) is 3.60. The van der Waals surface area contributed by atoms with E-state index in [9.17, 15) is 4.39 Å². The lowest BCUT2D eigenvalue weighted by molar-refractivity contribution is 0.545. The summed E-state index contributed by atoms with van der Waals surface area (Å²) in [5.74, 6) is 1.88. The summed E-state index contributed by atoms with van der Waals surface area (Å²) in [5.41, 5.74) is 0.975. The number of halogens is 1. The number of rotatable bonds is 8. The summed E-state index contributed by atoms with van der Waals surface area (Å²) in [7, 11) is 0. The number of hydrogen-bond acceptors (Lipinski definition) is 3. The van der Waals surface area contributed by atoms with Crippen molar-refractivity contribution in [2.24, 2.45) is 11.8 Å². The Morgan fingerprint density at radius 2 is 2.00 bits per heavy atom. The van der Waals surface area contributed by atoms with Crippen LogP contribution >= 0.6 is 0 Å². The van der Waals surface area contributed by atoms with E-state index < -0.39 is 0 Å². The van der Waals surface area contributed by atoms with Crippen molar-refractivity contribution in [1.82, 2.24) is 10.3 Å². The van der Waals surface area contributed by atoms with Crippen LogP contribution in [-0.4, -0.2) is 24.1 Å². The summed E-state index contributed by atoms with van der Waals surface area (Å²) in [5, 5.41) is 3.40. The lowest BCUT2D eigenvalue weighted by atomic mass is 10.1. The summed E-state index contributed by atoms with van der Waals surface area (Å²) in [6.45, 7) is 11.4. The minimum atomic E-state index is -0.250. The van der Waals surface area contributed by atoms with E-state index >= 15 is 0 Å². The monoisotopic (exact) mass is 293 g/mol. The molecule has 2 rings (SSSR count). The largest absolute Gasteiger partial charge is 0.353 e. The molecule has 0 bridgehead atoms. The zero-order valence-electron chi connectivity index (χ0n) is 13.7. The Hall–Kier alpha value is -1.16. The van der Waals surface area contributed by atoms with E-state index in [0.29, 0.717) is 24.4 Å². The highest BCUT2D eigenvalue weighted by Gasteiger charge is 2.31. The van der Waals surface area contributed by atoms with E-state index in [1.807, 2.05) is 0 Å². The summed E-state index contributed by atoms with van der Waals surface area (Å²) < 4.78 is 13.6. The van der Waals surface area contributed by atoms with E-state index in [4.69, 9.17) is 0 Å². The fourth-order valence-corrected chi connectivity index (χ4v) is 2.55. The van der Waals surface area contributed by atoms with E-state index in [-0.39, 0.29) is 5.82 Å². The molecule has 1 heterocycles. The summed E-state index contributed by atoms with van der Waals surface area (Å²) >= 11 is 0. The highest BCUT2D eigenvalue weighted by molar-refractivity contribution is 5.49. The second kappa shape index (κ2) is 7.21. The van der Waals surface area contributed by atoms with Gasteiger partial charge in [0.2, 0.25) is 0 Å². The highest BCUT2D eigenvalue weighted by Crippen LogP contribution is 2.33. The normalized spacial score (nSPS) is 15.0. The minimum Gasteiger partial charge on any atom is -0.353 e. The molecule has 1 saturated carbocycles. The first-order valence-corrected chi connectivity index (χ1v) is 8.09. The molecule has 0 aliphatic heterocycles. The van der Waals surface area contributed by atoms with Crippen molar-refractivity contribution in [2.45, 2.75) is 53.1 Å². The molecule has 1 fully saturated rings. The summed E-state index contributed by atoms with van der Waals surface area (Å²) in [4.78, 5) is 6.77. The number of hydrogen-bond donors (Lipinski definition) is 1. The molecule has 118 valence electrons. The molecule has 4 heteroatoms. The van der Waals surface area contributed by atoms with Crippen LogP contribution in [0.1, 0.15) is 46.1 Å². The average Bonchev–Trinajstić information content (AvgIpc) is 3.20. The molecule has 1 aromatic heterocycles. The van der Waals surface area contributed by atoms with Gasteiger partial charge in [-0.3, -0.25) is 0 Å². The van der Waals surface area contributed by atoms with Crippen molar-refractivity contribution in [3.63, 3.8) is 0 Å². The van der Waals surface area contributed by atoms with Crippen LogP contribution in [0.5, 0.6) is 0 Å². The quantitative estimate of drug-likeness (QED) is 0.794. The van der Waals surface area contributed by atoms with Gasteiger partial charge in [-0.05, 0) is 37.3 Å². The summed E-state index contributed by atoms with van der Waals surface area (Å²) in [6.07, 6.45) is 3.80. The highest BCUT2D eigenvalue weighted by atomic mass is 19.1. The fourth-order valence-electron chi connectivity index (χ4n) is 2.55. The maximum atomic E-state index is 13.6. The Labute approximate surface area is 127 Å². The van der Waals surface area contributed by atoms with Crippen LogP contribution in [0, 0.1) is 17.7 Å². The molecule has 1 N–H and O–H groups in total. The average molecular weight is 293 g/mol. The number of nitrogens with zero attached hydrogens (tertiary/aromatic N) is 2. The zero-order valence-corrected chi connectivity index (χ0v) is 13.7. The van der Waals surface area contributed by atoms with Gasteiger partial charge in [0.05, 0.1) is 6.20 Å². The third kappa shape index (κ3) is 4.95. The maximum absolute atomic E-state index is 13.6. The van der Waals surface area contributed by atoms with Gasteiger partial charge in [0.1, 0.15) is 11.6 Å². The first kappa shape index (κ1) is 16.2. The molecule has 0 unspecified atom stereocenters. The van der Waals surface area contributed by atoms with E-state index in [1.54, 1.807) is 6.07 Å². The molecule has 0 amide bonds. The van der Waals surface area contributed by atoms with Crippen molar-refractivity contribution in [3.8, 4) is 0 Å². The van der Waals surface area contributed by atoms with Crippen molar-refractivity contribution in [2.75, 3.05) is 18.0 Å². The van der Waals surface area contributed by atoms with Crippen molar-refractivity contribution >= 4 is 5.82 Å². The molecule has 3 nitrogen and oxygen atoms in total. The fraction of sp³-hybridized carbons (Fsp3) is 0.706. The number of anilines is 1. The molecule has 21 heavy (non-hydrogen) atoms. The predicted octanol–water partition coefficient (Wildman–Crippen LogP) is 3.59. The van der Waals surface area contributed by atoms with Gasteiger partial charge in [0.15, 0.2) is 0 Å². The molecule has 1 aromatic rings. The molecular formula is C17H28FN3. The van der Waals surface area contributed by atoms with Gasteiger partial charge in [0.25, 0.3) is 0 Å². The molecule has 1 aliphatic rings. The van der Waals surface area contributed by atoms with Gasteiger partial charge < -0.3 is 10.2 Å². The van der Waals surface area contributed by atoms with E-state index in [2.05, 4.69) is 42.9 Å². The SMILES string of the molecule is CC(C)CNCc1cc(F)cnc1N(CC(C)C)C1CC1. The van der Waals surface area contributed by atoms with Gasteiger partial charge in [-0.25, -0.2) is 9.37 Å². The molecule has 0 atom stereocenters. The smallest absolute Gasteiger partial charge is 0.141 e. The van der Waals surface area contributed by atoms with Crippen molar-refractivity contribution in [3.05, 3.63) is 23.6 Å². The number of nitrogens with one attached hydrogen (secondary N) is 1. The van der Waals surface area contributed by atoms with Crippen LogP contribution in [0.15, 0.2) is 12.3 Å². The van der Waals surface area contributed by atoms with E-state index in [0.717, 1.165) is 24.5 Å². The van der Waals surface area contributed by atoms with Crippen molar-refractivity contribution < 1.29 is 4.39 Å².